The quantitative estimate of drug-likeness (QED) is 0.0807. The van der Waals surface area contributed by atoms with Crippen molar-refractivity contribution < 1.29 is 68.6 Å². The molecule has 0 amide bonds. The highest BCUT2D eigenvalue weighted by Gasteiger charge is 2.37. The standard InChI is InChI=1S/2C15H12NO2.C8H3BF6O3/c2*17-14(12-6-2-1-3-7-12)10-16-11-18-15-9-5-4-8-13(15)16;10-7(11,12)4-1-5(8(13,14)15)3-6(2-4)18-9(16)17/h2*1-9,11H,10H2;1-3H/q2*+1;-2. The van der Waals surface area contributed by atoms with Gasteiger partial charge in [0, 0.05) is 23.3 Å². The van der Waals surface area contributed by atoms with Gasteiger partial charge in [-0.1, -0.05) is 84.9 Å². The normalized spacial score (nSPS) is 11.3. The predicted octanol–water partition coefficient (Wildman–Crippen LogP) is 6.01. The number of halogens is 6. The molecule has 0 aliphatic heterocycles. The van der Waals surface area contributed by atoms with E-state index in [0.29, 0.717) is 13.1 Å². The van der Waals surface area contributed by atoms with Crippen LogP contribution in [0.4, 0.5) is 26.3 Å². The van der Waals surface area contributed by atoms with Crippen molar-refractivity contribution >= 4 is 41.1 Å². The first-order valence-electron chi connectivity index (χ1n) is 15.8. The molecule has 0 atom stereocenters. The molecule has 0 N–H and O–H groups in total. The van der Waals surface area contributed by atoms with E-state index in [-0.39, 0.29) is 29.8 Å². The van der Waals surface area contributed by atoms with Gasteiger partial charge in [-0.3, -0.25) is 9.59 Å². The van der Waals surface area contributed by atoms with Gasteiger partial charge in [0.15, 0.2) is 0 Å². The third kappa shape index (κ3) is 10.4. The third-order valence-electron chi connectivity index (χ3n) is 7.58. The van der Waals surface area contributed by atoms with Crippen LogP contribution in [0.25, 0.3) is 22.2 Å². The lowest BCUT2D eigenvalue weighted by Crippen LogP contribution is -2.50. The highest BCUT2D eigenvalue weighted by Crippen LogP contribution is 2.38. The number of oxazole rings is 2. The van der Waals surface area contributed by atoms with E-state index in [2.05, 4.69) is 4.65 Å². The summed E-state index contributed by atoms with van der Waals surface area (Å²) in [5.74, 6) is -0.925. The topological polar surface area (TPSA) is 124 Å². The van der Waals surface area contributed by atoms with Crippen molar-refractivity contribution in [2.75, 3.05) is 0 Å². The maximum Gasteiger partial charge on any atom is 0.416 e. The molecule has 2 heterocycles. The van der Waals surface area contributed by atoms with Crippen LogP contribution in [-0.2, 0) is 25.4 Å². The van der Waals surface area contributed by atoms with Gasteiger partial charge in [0.05, 0.1) is 16.9 Å². The van der Waals surface area contributed by atoms with Crippen molar-refractivity contribution in [1.82, 2.24) is 0 Å². The van der Waals surface area contributed by atoms with E-state index < -0.39 is 36.6 Å². The van der Waals surface area contributed by atoms with Crippen LogP contribution < -0.4 is 23.8 Å². The monoisotopic (exact) mass is 748 g/mol. The molecular formula is C38H27BF6N2O7. The molecule has 0 saturated heterocycles. The summed E-state index contributed by atoms with van der Waals surface area (Å²) < 4.78 is 92.0. The number of alkyl halides is 6. The second kappa shape index (κ2) is 17.0. The maximum absolute atomic E-state index is 12.3. The number of hydrogen-bond acceptors (Lipinski definition) is 7. The van der Waals surface area contributed by atoms with Crippen LogP contribution in [0.2, 0.25) is 0 Å². The van der Waals surface area contributed by atoms with E-state index >= 15 is 0 Å². The number of aromatic nitrogens is 2. The van der Waals surface area contributed by atoms with Crippen molar-refractivity contribution in [3.63, 3.8) is 0 Å². The van der Waals surface area contributed by atoms with E-state index in [1.807, 2.05) is 118 Å². The van der Waals surface area contributed by atoms with Gasteiger partial charge in [0.1, 0.15) is 7.32 Å². The number of carbonyl (C=O) groups excluding carboxylic acids is 2. The van der Waals surface area contributed by atoms with Crippen LogP contribution in [0, 0.1) is 0 Å². The summed E-state index contributed by atoms with van der Waals surface area (Å²) >= 11 is 0. The lowest BCUT2D eigenvalue weighted by molar-refractivity contribution is -0.662. The summed E-state index contributed by atoms with van der Waals surface area (Å²) in [5, 5.41) is 20.2. The number of benzene rings is 5. The van der Waals surface area contributed by atoms with E-state index in [1.165, 1.54) is 0 Å². The highest BCUT2D eigenvalue weighted by molar-refractivity contribution is 6.29. The van der Waals surface area contributed by atoms with Crippen molar-refractivity contribution in [2.45, 2.75) is 25.4 Å². The summed E-state index contributed by atoms with van der Waals surface area (Å²) in [5.41, 5.74) is 1.56. The molecule has 5 aromatic carbocycles. The van der Waals surface area contributed by atoms with Gasteiger partial charge >= 0.3 is 25.1 Å². The van der Waals surface area contributed by atoms with Gasteiger partial charge in [-0.15, -0.1) is 0 Å². The van der Waals surface area contributed by atoms with Gasteiger partial charge in [-0.05, 0) is 30.3 Å². The minimum atomic E-state index is -5.05. The second-order valence-electron chi connectivity index (χ2n) is 11.4. The average Bonchev–Trinajstić information content (AvgIpc) is 3.75. The number of fused-ring (bicyclic) bond motifs is 2. The summed E-state index contributed by atoms with van der Waals surface area (Å²) in [7, 11) is -3.02. The van der Waals surface area contributed by atoms with Crippen molar-refractivity contribution in [1.29, 1.82) is 0 Å². The molecule has 9 nitrogen and oxygen atoms in total. The molecule has 0 spiro atoms. The predicted molar refractivity (Wildman–Crippen MR) is 177 cm³/mol. The van der Waals surface area contributed by atoms with E-state index in [4.69, 9.17) is 8.83 Å². The number of ketones is 2. The Bertz CT molecular complexity index is 2170. The fourth-order valence-electron chi connectivity index (χ4n) is 5.03. The number of rotatable bonds is 8. The molecule has 0 fully saturated rings. The minimum Gasteiger partial charge on any atom is -0.860 e. The van der Waals surface area contributed by atoms with Gasteiger partial charge in [-0.25, -0.2) is 0 Å². The molecule has 0 unspecified atom stereocenters. The Morgan fingerprint density at radius 2 is 0.944 bits per heavy atom. The molecule has 0 bridgehead atoms. The molecular weight excluding hydrogens is 721 g/mol. The number of nitrogens with zero attached hydrogens (tertiary/aromatic N) is 2. The average molecular weight is 748 g/mol. The molecule has 7 rings (SSSR count). The van der Waals surface area contributed by atoms with Crippen LogP contribution in [0.5, 0.6) is 5.75 Å². The van der Waals surface area contributed by atoms with Gasteiger partial charge in [0.25, 0.3) is 11.0 Å². The van der Waals surface area contributed by atoms with Gasteiger partial charge < -0.3 is 23.5 Å². The first-order chi connectivity index (χ1) is 25.7. The lowest BCUT2D eigenvalue weighted by Gasteiger charge is -2.27. The number of para-hydroxylation sites is 4. The second-order valence-corrected chi connectivity index (χ2v) is 11.4. The Hall–Kier alpha value is -6.26. The van der Waals surface area contributed by atoms with Gasteiger partial charge in [0.2, 0.25) is 35.8 Å². The Kier molecular flexibility index (Phi) is 12.3. The summed E-state index contributed by atoms with van der Waals surface area (Å²) in [6.07, 6.45) is -6.93. The van der Waals surface area contributed by atoms with Crippen molar-refractivity contribution in [2.24, 2.45) is 0 Å². The van der Waals surface area contributed by atoms with Crippen LogP contribution in [-0.4, -0.2) is 18.9 Å². The summed E-state index contributed by atoms with van der Waals surface area (Å²) in [6.45, 7) is 0.585. The molecule has 0 radical (unpaired) electrons. The Balaban J connectivity index is 0.000000156. The highest BCUT2D eigenvalue weighted by atomic mass is 19.4. The SMILES string of the molecule is O=C(C[n+]1coc2ccccc21)c1ccccc1.O=C(C[n+]1coc2ccccc21)c1ccccc1.[O-]B([O-])Oc1cc(C(F)(F)F)cc(C(F)(F)F)c1. The number of hydrogen-bond donors (Lipinski definition) is 0. The Morgan fingerprint density at radius 1 is 0.574 bits per heavy atom. The van der Waals surface area contributed by atoms with E-state index in [1.54, 1.807) is 12.8 Å². The molecule has 0 aliphatic carbocycles. The summed E-state index contributed by atoms with van der Waals surface area (Å²) in [4.78, 5) is 24.2. The van der Waals surface area contributed by atoms with Crippen LogP contribution in [0.3, 0.4) is 0 Å². The zero-order valence-electron chi connectivity index (χ0n) is 27.8. The number of Topliss-reactive ketones (excluding diaryl/α,β-unsaturated/α-hetero) is 2. The first-order valence-corrected chi connectivity index (χ1v) is 15.8. The molecule has 16 heteroatoms. The number of carbonyl (C=O) groups is 2. The van der Waals surface area contributed by atoms with E-state index in [9.17, 15) is 46.0 Å². The van der Waals surface area contributed by atoms with Crippen molar-refractivity contribution in [3.05, 3.63) is 162 Å². The van der Waals surface area contributed by atoms with Crippen molar-refractivity contribution in [3.8, 4) is 5.75 Å². The first kappa shape index (κ1) is 39.0. The summed E-state index contributed by atoms with van der Waals surface area (Å²) in [6, 6.07) is 34.1. The lowest BCUT2D eigenvalue weighted by atomic mass is 10.1. The Labute approximate surface area is 303 Å². The molecule has 2 aromatic heterocycles. The smallest absolute Gasteiger partial charge is 0.416 e. The van der Waals surface area contributed by atoms with Crippen LogP contribution in [0.15, 0.2) is 149 Å². The molecule has 7 aromatic rings. The minimum absolute atomic E-state index is 0.0761. The Morgan fingerprint density at radius 3 is 1.31 bits per heavy atom. The molecule has 54 heavy (non-hydrogen) atoms. The van der Waals surface area contributed by atoms with Gasteiger partial charge in [-0.2, -0.15) is 35.5 Å². The fourth-order valence-corrected chi connectivity index (χ4v) is 5.03. The maximum atomic E-state index is 12.3. The van der Waals surface area contributed by atoms with Crippen LogP contribution in [0.1, 0.15) is 31.8 Å². The molecule has 0 aliphatic rings. The van der Waals surface area contributed by atoms with Crippen LogP contribution >= 0.6 is 0 Å². The third-order valence-corrected chi connectivity index (χ3v) is 7.58. The molecule has 0 saturated carbocycles. The zero-order chi connectivity index (χ0) is 38.9. The molecule has 276 valence electrons. The van der Waals surface area contributed by atoms with E-state index in [0.717, 1.165) is 33.3 Å². The largest absolute Gasteiger partial charge is 0.860 e. The zero-order valence-corrected chi connectivity index (χ0v) is 27.8. The fraction of sp³-hybridized carbons (Fsp3) is 0.105.